The molecule has 4 aromatic carbocycles. The maximum atomic E-state index is 5.21. The summed E-state index contributed by atoms with van der Waals surface area (Å²) in [6.45, 7) is 4.61. The van der Waals surface area contributed by atoms with Crippen molar-refractivity contribution in [3.05, 3.63) is 174 Å². The Kier molecular flexibility index (Phi) is 6.89. The van der Waals surface area contributed by atoms with E-state index in [1.54, 1.807) is 0 Å². The normalized spacial score (nSPS) is 23.6. The van der Waals surface area contributed by atoms with Crippen LogP contribution in [0.3, 0.4) is 0 Å². The molecule has 1 aromatic heterocycles. The van der Waals surface area contributed by atoms with Crippen LogP contribution in [-0.4, -0.2) is 22.5 Å². The highest BCUT2D eigenvalue weighted by molar-refractivity contribution is 6.06. The fraction of sp³-hybridized carbons (Fsp3) is 0.159. The summed E-state index contributed by atoms with van der Waals surface area (Å²) in [4.78, 5) is 10.2. The summed E-state index contributed by atoms with van der Waals surface area (Å²) in [6.07, 6.45) is 23.3. The average Bonchev–Trinajstić information content (AvgIpc) is 3.80. The van der Waals surface area contributed by atoms with E-state index in [9.17, 15) is 0 Å². The maximum absolute atomic E-state index is 5.21. The number of rotatable bonds is 5. The summed E-state index contributed by atoms with van der Waals surface area (Å²) in [6, 6.07) is 35.4. The number of anilines is 3. The predicted octanol–water partition coefficient (Wildman–Crippen LogP) is 10.3. The zero-order valence-electron chi connectivity index (χ0n) is 27.3. The van der Waals surface area contributed by atoms with Gasteiger partial charge in [-0.3, -0.25) is 4.99 Å². The van der Waals surface area contributed by atoms with Crippen LogP contribution >= 0.6 is 0 Å². The van der Waals surface area contributed by atoms with Crippen molar-refractivity contribution in [3.63, 3.8) is 0 Å². The standard InChI is InChI=1S/C44H38N4/c1-30-12-11-19-39-31(2)43-33(23-20-30)29-41-37(26-27-46(41)34-13-5-3-6-14-34)44(43)48(39)36-24-21-32(22-25-36)28-42-45-38-17-9-10-18-40(38)47(42)35-15-7-4-8-16-35/h3-27,29-31,40,42H,28H2,1-2H3/b12-11-,23-20-,39-19?. The van der Waals surface area contributed by atoms with Crippen LogP contribution in [0.4, 0.5) is 17.1 Å². The lowest BCUT2D eigenvalue weighted by molar-refractivity contribution is 0.649. The Hall–Kier alpha value is -5.61. The van der Waals surface area contributed by atoms with Crippen LogP contribution in [0, 0.1) is 5.92 Å². The second-order valence-electron chi connectivity index (χ2n) is 13.3. The number of para-hydroxylation sites is 2. The SMILES string of the molecule is CC1/C=C\C=C2C(C)c3c(cc4c(ccn4-c4ccccc4)c3N2c2ccc(CC3N=C4C=CC=CC4N3c3ccccc3)cc2)/C=C\1. The third kappa shape index (κ3) is 4.71. The molecule has 4 nitrogen and oxygen atoms in total. The number of aliphatic imine (C=N–C) groups is 1. The molecule has 4 unspecified atom stereocenters. The Morgan fingerprint density at radius 1 is 0.708 bits per heavy atom. The molecule has 0 N–H and O–H groups in total. The monoisotopic (exact) mass is 622 g/mol. The van der Waals surface area contributed by atoms with E-state index in [0.717, 1.165) is 12.1 Å². The molecule has 9 rings (SSSR count). The van der Waals surface area contributed by atoms with Gasteiger partial charge in [0.15, 0.2) is 0 Å². The molecule has 2 aliphatic carbocycles. The van der Waals surface area contributed by atoms with E-state index >= 15 is 0 Å². The first kappa shape index (κ1) is 28.6. The Labute approximate surface area is 282 Å². The Morgan fingerprint density at radius 2 is 1.48 bits per heavy atom. The zero-order valence-corrected chi connectivity index (χ0v) is 27.3. The number of nitrogens with zero attached hydrogens (tertiary/aromatic N) is 4. The molecule has 4 aliphatic rings. The summed E-state index contributed by atoms with van der Waals surface area (Å²) in [5.41, 5.74) is 12.5. The predicted molar refractivity (Wildman–Crippen MR) is 202 cm³/mol. The zero-order chi connectivity index (χ0) is 32.2. The molecule has 0 fully saturated rings. The molecule has 0 saturated carbocycles. The van der Waals surface area contributed by atoms with Crippen molar-refractivity contribution in [1.29, 1.82) is 0 Å². The maximum Gasteiger partial charge on any atom is 0.126 e. The van der Waals surface area contributed by atoms with Gasteiger partial charge in [-0.15, -0.1) is 0 Å². The molecule has 234 valence electrons. The van der Waals surface area contributed by atoms with Gasteiger partial charge >= 0.3 is 0 Å². The lowest BCUT2D eigenvalue weighted by Gasteiger charge is -2.31. The van der Waals surface area contributed by atoms with Gasteiger partial charge in [-0.05, 0) is 83.3 Å². The third-order valence-electron chi connectivity index (χ3n) is 10.3. The van der Waals surface area contributed by atoms with Crippen molar-refractivity contribution >= 4 is 39.8 Å². The topological polar surface area (TPSA) is 23.8 Å². The molecule has 4 atom stereocenters. The van der Waals surface area contributed by atoms with E-state index in [2.05, 4.69) is 186 Å². The van der Waals surface area contributed by atoms with Gasteiger partial charge < -0.3 is 14.4 Å². The minimum absolute atomic E-state index is 0.0362. The van der Waals surface area contributed by atoms with Gasteiger partial charge in [0.25, 0.3) is 0 Å². The fourth-order valence-electron chi connectivity index (χ4n) is 7.93. The molecular weight excluding hydrogens is 585 g/mol. The van der Waals surface area contributed by atoms with Crippen LogP contribution in [0.25, 0.3) is 22.7 Å². The first-order valence-corrected chi connectivity index (χ1v) is 17.1. The second kappa shape index (κ2) is 11.6. The minimum Gasteiger partial charge on any atom is -0.337 e. The van der Waals surface area contributed by atoms with Gasteiger partial charge in [0.05, 0.1) is 23.0 Å². The van der Waals surface area contributed by atoms with E-state index in [1.807, 2.05) is 0 Å². The van der Waals surface area contributed by atoms with E-state index in [4.69, 9.17) is 4.99 Å². The summed E-state index contributed by atoms with van der Waals surface area (Å²) < 4.78 is 2.32. The summed E-state index contributed by atoms with van der Waals surface area (Å²) in [7, 11) is 0. The number of allylic oxidation sites excluding steroid dienone is 7. The molecule has 0 radical (unpaired) electrons. The quantitative estimate of drug-likeness (QED) is 0.195. The molecule has 48 heavy (non-hydrogen) atoms. The fourth-order valence-corrected chi connectivity index (χ4v) is 7.93. The molecule has 5 aromatic rings. The van der Waals surface area contributed by atoms with Crippen molar-refractivity contribution in [2.45, 2.75) is 38.4 Å². The Balaban J connectivity index is 1.13. The number of benzene rings is 4. The lowest BCUT2D eigenvalue weighted by Crippen LogP contribution is -2.40. The van der Waals surface area contributed by atoms with Crippen molar-refractivity contribution in [1.82, 2.24) is 4.57 Å². The van der Waals surface area contributed by atoms with Crippen LogP contribution in [0.15, 0.2) is 163 Å². The number of fused-ring (bicyclic) bond motifs is 4. The number of aromatic nitrogens is 1. The Morgan fingerprint density at radius 3 is 2.27 bits per heavy atom. The van der Waals surface area contributed by atoms with E-state index < -0.39 is 0 Å². The first-order valence-electron chi connectivity index (χ1n) is 17.1. The average molecular weight is 623 g/mol. The third-order valence-corrected chi connectivity index (χ3v) is 10.3. The van der Waals surface area contributed by atoms with E-state index in [0.29, 0.717) is 5.92 Å². The van der Waals surface area contributed by atoms with Gasteiger partial charge in [0, 0.05) is 46.7 Å². The molecule has 2 aliphatic heterocycles. The van der Waals surface area contributed by atoms with Gasteiger partial charge in [-0.25, -0.2) is 0 Å². The van der Waals surface area contributed by atoms with Crippen LogP contribution in [0.1, 0.15) is 36.5 Å². The Bertz CT molecular complexity index is 2200. The largest absolute Gasteiger partial charge is 0.337 e. The summed E-state index contributed by atoms with van der Waals surface area (Å²) in [5, 5.41) is 1.27. The van der Waals surface area contributed by atoms with Crippen molar-refractivity contribution < 1.29 is 0 Å². The van der Waals surface area contributed by atoms with Crippen LogP contribution in [0.5, 0.6) is 0 Å². The highest BCUT2D eigenvalue weighted by Crippen LogP contribution is 2.53. The van der Waals surface area contributed by atoms with Gasteiger partial charge in [0.2, 0.25) is 0 Å². The molecule has 0 saturated heterocycles. The smallest absolute Gasteiger partial charge is 0.126 e. The first-order chi connectivity index (χ1) is 23.6. The molecule has 2 bridgehead atoms. The van der Waals surface area contributed by atoms with E-state index in [-0.39, 0.29) is 18.1 Å². The van der Waals surface area contributed by atoms with Crippen LogP contribution in [0.2, 0.25) is 0 Å². The highest BCUT2D eigenvalue weighted by atomic mass is 15.3. The van der Waals surface area contributed by atoms with Crippen LogP contribution < -0.4 is 9.80 Å². The molecule has 3 heterocycles. The van der Waals surface area contributed by atoms with Gasteiger partial charge in [-0.1, -0.05) is 105 Å². The second-order valence-corrected chi connectivity index (χ2v) is 13.3. The molecule has 0 spiro atoms. The molecule has 0 amide bonds. The molecule has 4 heteroatoms. The van der Waals surface area contributed by atoms with Crippen molar-refractivity contribution in [2.75, 3.05) is 9.80 Å². The molecular formula is C44H38N4. The van der Waals surface area contributed by atoms with Crippen molar-refractivity contribution in [2.24, 2.45) is 10.9 Å². The summed E-state index contributed by atoms with van der Waals surface area (Å²) in [5.74, 6) is 0.596. The van der Waals surface area contributed by atoms with Crippen molar-refractivity contribution in [3.8, 4) is 5.69 Å². The number of hydrogen-bond acceptors (Lipinski definition) is 3. The van der Waals surface area contributed by atoms with Crippen LogP contribution in [-0.2, 0) is 6.42 Å². The minimum atomic E-state index is 0.0362. The van der Waals surface area contributed by atoms with Gasteiger partial charge in [0.1, 0.15) is 6.17 Å². The number of hydrogen-bond donors (Lipinski definition) is 0. The van der Waals surface area contributed by atoms with E-state index in [1.165, 1.54) is 56.0 Å². The lowest BCUT2D eigenvalue weighted by atomic mass is 9.92. The van der Waals surface area contributed by atoms with Gasteiger partial charge in [-0.2, -0.15) is 0 Å². The highest BCUT2D eigenvalue weighted by Gasteiger charge is 2.37. The summed E-state index contributed by atoms with van der Waals surface area (Å²) >= 11 is 0.